The van der Waals surface area contributed by atoms with E-state index in [9.17, 15) is 14.4 Å². The number of nitrogens with zero attached hydrogens (tertiary/aromatic N) is 6. The fourth-order valence-electron chi connectivity index (χ4n) is 7.04. The lowest BCUT2D eigenvalue weighted by atomic mass is 9.94. The molecule has 0 bridgehead atoms. The average Bonchev–Trinajstić information content (AvgIpc) is 3.60. The van der Waals surface area contributed by atoms with Gasteiger partial charge in [0.2, 0.25) is 5.91 Å². The molecule has 2 aromatic rings. The number of aromatic nitrogens is 2. The molecule has 3 aliphatic rings. The summed E-state index contributed by atoms with van der Waals surface area (Å²) in [5, 5.41) is 0.642. The topological polar surface area (TPSA) is 99.2 Å². The Morgan fingerprint density at radius 2 is 1.74 bits per heavy atom. The van der Waals surface area contributed by atoms with Crippen LogP contribution in [0.5, 0.6) is 0 Å². The number of esters is 1. The van der Waals surface area contributed by atoms with Gasteiger partial charge in [0.1, 0.15) is 12.0 Å². The van der Waals surface area contributed by atoms with Crippen molar-refractivity contribution >= 4 is 35.1 Å². The molecule has 0 aliphatic carbocycles. The molecule has 5 rings (SSSR count). The number of hydrogen-bond donors (Lipinski definition) is 0. The maximum Gasteiger partial charge on any atom is 0.354 e. The number of ether oxygens (including phenoxy) is 1. The third kappa shape index (κ3) is 7.70. The molecular formula is C36H47ClN6O4. The molecule has 2 amide bonds. The number of allylic oxidation sites excluding steroid dienone is 1. The van der Waals surface area contributed by atoms with Gasteiger partial charge in [0.05, 0.1) is 23.6 Å². The molecule has 1 aromatic carbocycles. The zero-order valence-corrected chi connectivity index (χ0v) is 29.3. The highest BCUT2D eigenvalue weighted by atomic mass is 35.5. The highest BCUT2D eigenvalue weighted by molar-refractivity contribution is 6.31. The second-order valence-electron chi connectivity index (χ2n) is 13.1. The molecule has 0 spiro atoms. The van der Waals surface area contributed by atoms with Gasteiger partial charge in [-0.05, 0) is 89.6 Å². The standard InChI is InChI=1S/C36H47ClN6O4/c1-7-47-36(46)33(23(2)3)41-15-11-27(12-16-41)34(44)43(30-10-9-24(4)31(37)17-30)14-8-13-40-18-28-20-42(21-29(28)19-40)35(45)32-25(5)38-22-39-26(32)6/h9-10,17,20,22,27,29H,7-8,11-16,18-19,21H2,1-6H3. The maximum atomic E-state index is 14.1. The molecule has 0 N–H and O–H groups in total. The number of amides is 2. The van der Waals surface area contributed by atoms with Gasteiger partial charge in [-0.25, -0.2) is 14.8 Å². The molecule has 1 aromatic heterocycles. The van der Waals surface area contributed by atoms with Crippen molar-refractivity contribution in [2.75, 3.05) is 57.3 Å². The lowest BCUT2D eigenvalue weighted by Gasteiger charge is -2.36. The van der Waals surface area contributed by atoms with E-state index in [0.29, 0.717) is 79.2 Å². The number of carbonyl (C=O) groups excluding carboxylic acids is 3. The first-order valence-electron chi connectivity index (χ1n) is 16.7. The van der Waals surface area contributed by atoms with E-state index in [-0.39, 0.29) is 23.7 Å². The molecule has 2 fully saturated rings. The van der Waals surface area contributed by atoms with E-state index in [1.165, 1.54) is 11.9 Å². The smallest absolute Gasteiger partial charge is 0.354 e. The first-order valence-corrected chi connectivity index (χ1v) is 17.0. The molecule has 0 radical (unpaired) electrons. The van der Waals surface area contributed by atoms with Crippen molar-refractivity contribution in [3.63, 3.8) is 0 Å². The Labute approximate surface area is 283 Å². The van der Waals surface area contributed by atoms with Crippen molar-refractivity contribution in [1.82, 2.24) is 24.7 Å². The summed E-state index contributed by atoms with van der Waals surface area (Å²) in [6.45, 7) is 16.7. The molecule has 252 valence electrons. The zero-order chi connectivity index (χ0) is 33.8. The Morgan fingerprint density at radius 1 is 1.04 bits per heavy atom. The molecule has 3 aliphatic heterocycles. The molecule has 0 saturated carbocycles. The Hall–Kier alpha value is -3.76. The van der Waals surface area contributed by atoms with E-state index in [1.807, 2.05) is 75.7 Å². The van der Waals surface area contributed by atoms with Gasteiger partial charge in [0, 0.05) is 74.6 Å². The minimum atomic E-state index is -0.301. The Kier molecular flexibility index (Phi) is 11.0. The number of fused-ring (bicyclic) bond motifs is 1. The van der Waals surface area contributed by atoms with E-state index in [0.717, 1.165) is 42.9 Å². The SMILES string of the molecule is CCOC(=O)C(=C(C)C)N1CCC(C(=O)N(CCCN2CC3=CN(C(=O)c4c(C)ncnc4C)CC3C2)c2ccc(C)c(Cl)c2)CC1. The van der Waals surface area contributed by atoms with Gasteiger partial charge in [-0.1, -0.05) is 17.7 Å². The zero-order valence-electron chi connectivity index (χ0n) is 28.5. The van der Waals surface area contributed by atoms with E-state index >= 15 is 0 Å². The lowest BCUT2D eigenvalue weighted by molar-refractivity contribution is -0.140. The normalized spacial score (nSPS) is 18.2. The predicted molar refractivity (Wildman–Crippen MR) is 183 cm³/mol. The highest BCUT2D eigenvalue weighted by Gasteiger charge is 2.37. The Bertz CT molecular complexity index is 1560. The summed E-state index contributed by atoms with van der Waals surface area (Å²) in [4.78, 5) is 56.6. The van der Waals surface area contributed by atoms with Gasteiger partial charge >= 0.3 is 5.97 Å². The van der Waals surface area contributed by atoms with Crippen LogP contribution in [-0.4, -0.2) is 94.9 Å². The molecule has 10 nitrogen and oxygen atoms in total. The largest absolute Gasteiger partial charge is 0.461 e. The van der Waals surface area contributed by atoms with Gasteiger partial charge in [-0.15, -0.1) is 0 Å². The summed E-state index contributed by atoms with van der Waals surface area (Å²) in [7, 11) is 0. The first kappa shape index (κ1) is 34.6. The summed E-state index contributed by atoms with van der Waals surface area (Å²) in [6, 6.07) is 5.84. The van der Waals surface area contributed by atoms with Crippen LogP contribution in [0, 0.1) is 32.6 Å². The number of carbonyl (C=O) groups is 3. The molecular weight excluding hydrogens is 616 g/mol. The van der Waals surface area contributed by atoms with Crippen LogP contribution in [0.15, 0.2) is 47.6 Å². The van der Waals surface area contributed by atoms with Crippen molar-refractivity contribution < 1.29 is 19.1 Å². The van der Waals surface area contributed by atoms with Crippen molar-refractivity contribution in [3.05, 3.63) is 75.1 Å². The quantitative estimate of drug-likeness (QED) is 0.249. The molecule has 4 heterocycles. The first-order chi connectivity index (χ1) is 22.5. The van der Waals surface area contributed by atoms with Crippen LogP contribution in [0.2, 0.25) is 5.02 Å². The number of anilines is 1. The number of hydrogen-bond acceptors (Lipinski definition) is 8. The highest BCUT2D eigenvalue weighted by Crippen LogP contribution is 2.32. The number of rotatable bonds is 10. The molecule has 1 atom stereocenters. The predicted octanol–water partition coefficient (Wildman–Crippen LogP) is 5.32. The fourth-order valence-corrected chi connectivity index (χ4v) is 7.21. The second kappa shape index (κ2) is 15.0. The van der Waals surface area contributed by atoms with E-state index in [1.54, 1.807) is 0 Å². The van der Waals surface area contributed by atoms with Crippen LogP contribution in [0.1, 0.15) is 67.3 Å². The third-order valence-corrected chi connectivity index (χ3v) is 9.95. The summed E-state index contributed by atoms with van der Waals surface area (Å²) in [5.74, 6) is -0.0727. The van der Waals surface area contributed by atoms with Crippen LogP contribution in [-0.2, 0) is 14.3 Å². The van der Waals surface area contributed by atoms with Gasteiger partial charge in [0.15, 0.2) is 0 Å². The Morgan fingerprint density at radius 3 is 2.36 bits per heavy atom. The van der Waals surface area contributed by atoms with Gasteiger partial charge in [-0.3, -0.25) is 14.5 Å². The van der Waals surface area contributed by atoms with Crippen LogP contribution in [0.3, 0.4) is 0 Å². The van der Waals surface area contributed by atoms with E-state index in [4.69, 9.17) is 16.3 Å². The second-order valence-corrected chi connectivity index (χ2v) is 13.5. The van der Waals surface area contributed by atoms with Gasteiger partial charge in [-0.2, -0.15) is 0 Å². The number of likely N-dealkylation sites (tertiary alicyclic amines) is 2. The summed E-state index contributed by atoms with van der Waals surface area (Å²) in [6.07, 6.45) is 5.64. The summed E-state index contributed by atoms with van der Waals surface area (Å²) in [5.41, 5.74) is 6.58. The monoisotopic (exact) mass is 662 g/mol. The Balaban J connectivity index is 1.20. The fraction of sp³-hybridized carbons (Fsp3) is 0.528. The van der Waals surface area contributed by atoms with Crippen LogP contribution < -0.4 is 4.90 Å². The third-order valence-electron chi connectivity index (χ3n) is 9.54. The van der Waals surface area contributed by atoms with Gasteiger partial charge < -0.3 is 19.4 Å². The van der Waals surface area contributed by atoms with Crippen molar-refractivity contribution in [2.24, 2.45) is 11.8 Å². The minimum absolute atomic E-state index is 0.0382. The van der Waals surface area contributed by atoms with Crippen molar-refractivity contribution in [1.29, 1.82) is 0 Å². The molecule has 47 heavy (non-hydrogen) atoms. The average molecular weight is 663 g/mol. The summed E-state index contributed by atoms with van der Waals surface area (Å²) < 4.78 is 5.31. The lowest BCUT2D eigenvalue weighted by Crippen LogP contribution is -2.44. The van der Waals surface area contributed by atoms with Crippen LogP contribution in [0.4, 0.5) is 5.69 Å². The number of halogens is 1. The van der Waals surface area contributed by atoms with Crippen molar-refractivity contribution in [2.45, 2.75) is 60.8 Å². The van der Waals surface area contributed by atoms with Crippen LogP contribution in [0.25, 0.3) is 0 Å². The van der Waals surface area contributed by atoms with E-state index < -0.39 is 0 Å². The molecule has 11 heteroatoms. The van der Waals surface area contributed by atoms with Crippen LogP contribution >= 0.6 is 11.6 Å². The number of piperidine rings is 1. The maximum absolute atomic E-state index is 14.1. The minimum Gasteiger partial charge on any atom is -0.461 e. The number of benzene rings is 1. The summed E-state index contributed by atoms with van der Waals surface area (Å²) >= 11 is 6.53. The molecule has 2 saturated heterocycles. The number of aryl methyl sites for hydroxylation is 3. The van der Waals surface area contributed by atoms with Crippen molar-refractivity contribution in [3.8, 4) is 0 Å². The van der Waals surface area contributed by atoms with Gasteiger partial charge in [0.25, 0.3) is 5.91 Å². The van der Waals surface area contributed by atoms with E-state index in [2.05, 4.69) is 19.8 Å². The molecule has 1 unspecified atom stereocenters.